The molecular formula is C15H21N3O. The van der Waals surface area contributed by atoms with Crippen molar-refractivity contribution in [1.82, 2.24) is 14.8 Å². The topological polar surface area (TPSA) is 36.4 Å². The molecule has 19 heavy (non-hydrogen) atoms. The number of amides is 1. The van der Waals surface area contributed by atoms with E-state index in [4.69, 9.17) is 0 Å². The van der Waals surface area contributed by atoms with Gasteiger partial charge in [-0.2, -0.15) is 0 Å². The van der Waals surface area contributed by atoms with Crippen LogP contribution in [0.3, 0.4) is 0 Å². The van der Waals surface area contributed by atoms with Crippen LogP contribution in [-0.2, 0) is 0 Å². The summed E-state index contributed by atoms with van der Waals surface area (Å²) in [4.78, 5) is 21.1. The number of nitrogens with zero attached hydrogens (tertiary/aromatic N) is 3. The lowest BCUT2D eigenvalue weighted by Crippen LogP contribution is -2.47. The van der Waals surface area contributed by atoms with Gasteiger partial charge in [-0.1, -0.05) is 0 Å². The van der Waals surface area contributed by atoms with Crippen molar-refractivity contribution in [3.8, 4) is 0 Å². The number of pyridine rings is 1. The zero-order chi connectivity index (χ0) is 13.2. The van der Waals surface area contributed by atoms with Gasteiger partial charge in [0.05, 0.1) is 5.56 Å². The van der Waals surface area contributed by atoms with Crippen LogP contribution >= 0.6 is 0 Å². The van der Waals surface area contributed by atoms with Crippen molar-refractivity contribution in [1.29, 1.82) is 0 Å². The standard InChI is InChI=1S/C15H21N3O/c1-17-9-3-6-13(17)14-7-4-10-18(14)15(19)12-5-2-8-16-11-12/h2,5,8,11,13-14H,3-4,6-7,9-10H2,1H3/t13-,14+/m1/s1. The van der Waals surface area contributed by atoms with E-state index in [-0.39, 0.29) is 5.91 Å². The second kappa shape index (κ2) is 5.29. The molecule has 0 bridgehead atoms. The number of aromatic nitrogens is 1. The molecule has 0 aliphatic carbocycles. The van der Waals surface area contributed by atoms with Crippen LogP contribution in [0.4, 0.5) is 0 Å². The smallest absolute Gasteiger partial charge is 0.255 e. The Balaban J connectivity index is 1.78. The van der Waals surface area contributed by atoms with Crippen molar-refractivity contribution in [2.45, 2.75) is 37.8 Å². The monoisotopic (exact) mass is 259 g/mol. The van der Waals surface area contributed by atoms with E-state index in [0.717, 1.165) is 31.5 Å². The van der Waals surface area contributed by atoms with Crippen LogP contribution in [0.2, 0.25) is 0 Å². The average Bonchev–Trinajstić information content (AvgIpc) is 3.07. The molecule has 0 N–H and O–H groups in total. The molecule has 2 saturated heterocycles. The molecule has 0 aromatic carbocycles. The highest BCUT2D eigenvalue weighted by molar-refractivity contribution is 5.94. The van der Waals surface area contributed by atoms with Crippen LogP contribution in [0.5, 0.6) is 0 Å². The van der Waals surface area contributed by atoms with Gasteiger partial charge in [0, 0.05) is 31.0 Å². The molecule has 2 aliphatic heterocycles. The molecule has 4 heteroatoms. The largest absolute Gasteiger partial charge is 0.334 e. The van der Waals surface area contributed by atoms with Crippen LogP contribution < -0.4 is 0 Å². The first-order valence-corrected chi connectivity index (χ1v) is 7.18. The maximum absolute atomic E-state index is 12.6. The van der Waals surface area contributed by atoms with Crippen LogP contribution in [-0.4, -0.2) is 52.9 Å². The zero-order valence-corrected chi connectivity index (χ0v) is 11.5. The Labute approximate surface area is 114 Å². The van der Waals surface area contributed by atoms with Crippen LogP contribution in [0, 0.1) is 0 Å². The Morgan fingerprint density at radius 1 is 1.26 bits per heavy atom. The molecule has 1 aromatic rings. The van der Waals surface area contributed by atoms with E-state index < -0.39 is 0 Å². The first kappa shape index (κ1) is 12.6. The molecule has 4 nitrogen and oxygen atoms in total. The van der Waals surface area contributed by atoms with E-state index in [2.05, 4.69) is 21.8 Å². The Morgan fingerprint density at radius 3 is 2.74 bits per heavy atom. The Kier molecular flexibility index (Phi) is 3.51. The third kappa shape index (κ3) is 2.37. The predicted molar refractivity (Wildman–Crippen MR) is 73.9 cm³/mol. The second-order valence-corrected chi connectivity index (χ2v) is 5.64. The van der Waals surface area contributed by atoms with Crippen LogP contribution in [0.15, 0.2) is 24.5 Å². The number of likely N-dealkylation sites (tertiary alicyclic amines) is 2. The van der Waals surface area contributed by atoms with E-state index >= 15 is 0 Å². The molecule has 0 saturated carbocycles. The van der Waals surface area contributed by atoms with Gasteiger partial charge in [0.2, 0.25) is 0 Å². The van der Waals surface area contributed by atoms with E-state index in [9.17, 15) is 4.79 Å². The lowest BCUT2D eigenvalue weighted by Gasteiger charge is -2.33. The van der Waals surface area contributed by atoms with Crippen molar-refractivity contribution in [3.63, 3.8) is 0 Å². The molecule has 0 unspecified atom stereocenters. The SMILES string of the molecule is CN1CCC[C@@H]1[C@@H]1CCCN1C(=O)c1cccnc1. The Bertz CT molecular complexity index is 448. The average molecular weight is 259 g/mol. The minimum absolute atomic E-state index is 0.149. The lowest BCUT2D eigenvalue weighted by molar-refractivity contribution is 0.0664. The maximum Gasteiger partial charge on any atom is 0.255 e. The normalized spacial score (nSPS) is 27.9. The fourth-order valence-corrected chi connectivity index (χ4v) is 3.52. The van der Waals surface area contributed by atoms with Crippen LogP contribution in [0.25, 0.3) is 0 Å². The van der Waals surface area contributed by atoms with Crippen molar-refractivity contribution in [2.24, 2.45) is 0 Å². The molecular weight excluding hydrogens is 238 g/mol. The lowest BCUT2D eigenvalue weighted by atomic mass is 10.0. The fraction of sp³-hybridized carbons (Fsp3) is 0.600. The number of carbonyl (C=O) groups excluding carboxylic acids is 1. The summed E-state index contributed by atoms with van der Waals surface area (Å²) in [7, 11) is 2.18. The highest BCUT2D eigenvalue weighted by Gasteiger charge is 2.38. The summed E-state index contributed by atoms with van der Waals surface area (Å²) in [6, 6.07) is 4.63. The fourth-order valence-electron chi connectivity index (χ4n) is 3.52. The minimum Gasteiger partial charge on any atom is -0.334 e. The van der Waals surface area contributed by atoms with Gasteiger partial charge in [0.25, 0.3) is 5.91 Å². The number of hydrogen-bond donors (Lipinski definition) is 0. The van der Waals surface area contributed by atoms with E-state index in [1.54, 1.807) is 12.4 Å². The van der Waals surface area contributed by atoms with E-state index in [1.807, 2.05) is 12.1 Å². The molecule has 1 amide bonds. The van der Waals surface area contributed by atoms with Gasteiger partial charge in [-0.25, -0.2) is 0 Å². The highest BCUT2D eigenvalue weighted by Crippen LogP contribution is 2.29. The molecule has 2 fully saturated rings. The van der Waals surface area contributed by atoms with Gasteiger partial charge >= 0.3 is 0 Å². The molecule has 1 aromatic heterocycles. The Morgan fingerprint density at radius 2 is 2.05 bits per heavy atom. The summed E-state index contributed by atoms with van der Waals surface area (Å²) in [6.07, 6.45) is 8.13. The third-order valence-electron chi connectivity index (χ3n) is 4.49. The summed E-state index contributed by atoms with van der Waals surface area (Å²) >= 11 is 0. The van der Waals surface area contributed by atoms with Crippen molar-refractivity contribution in [2.75, 3.05) is 20.1 Å². The van der Waals surface area contributed by atoms with Gasteiger partial charge in [-0.05, 0) is 51.4 Å². The summed E-state index contributed by atoms with van der Waals surface area (Å²) in [5.41, 5.74) is 0.718. The van der Waals surface area contributed by atoms with E-state index in [1.165, 1.54) is 12.8 Å². The molecule has 0 radical (unpaired) electrons. The van der Waals surface area contributed by atoms with Crippen molar-refractivity contribution in [3.05, 3.63) is 30.1 Å². The van der Waals surface area contributed by atoms with Gasteiger partial charge in [-0.3, -0.25) is 9.78 Å². The quantitative estimate of drug-likeness (QED) is 0.812. The highest BCUT2D eigenvalue weighted by atomic mass is 16.2. The van der Waals surface area contributed by atoms with Gasteiger partial charge in [0.15, 0.2) is 0 Å². The molecule has 102 valence electrons. The zero-order valence-electron chi connectivity index (χ0n) is 11.5. The van der Waals surface area contributed by atoms with Crippen molar-refractivity contribution < 1.29 is 4.79 Å². The maximum atomic E-state index is 12.6. The number of hydrogen-bond acceptors (Lipinski definition) is 3. The summed E-state index contributed by atoms with van der Waals surface area (Å²) < 4.78 is 0. The summed E-state index contributed by atoms with van der Waals surface area (Å²) in [5, 5.41) is 0. The molecule has 0 spiro atoms. The molecule has 3 rings (SSSR count). The summed E-state index contributed by atoms with van der Waals surface area (Å²) in [5.74, 6) is 0.149. The number of carbonyl (C=O) groups is 1. The number of rotatable bonds is 2. The first-order chi connectivity index (χ1) is 9.27. The first-order valence-electron chi connectivity index (χ1n) is 7.18. The summed E-state index contributed by atoms with van der Waals surface area (Å²) in [6.45, 7) is 2.05. The van der Waals surface area contributed by atoms with E-state index in [0.29, 0.717) is 12.1 Å². The van der Waals surface area contributed by atoms with Gasteiger partial charge in [-0.15, -0.1) is 0 Å². The van der Waals surface area contributed by atoms with Gasteiger partial charge in [0.1, 0.15) is 0 Å². The van der Waals surface area contributed by atoms with Gasteiger partial charge < -0.3 is 9.80 Å². The van der Waals surface area contributed by atoms with Crippen LogP contribution in [0.1, 0.15) is 36.0 Å². The third-order valence-corrected chi connectivity index (χ3v) is 4.49. The molecule has 3 heterocycles. The predicted octanol–water partition coefficient (Wildman–Crippen LogP) is 1.78. The minimum atomic E-state index is 0.149. The second-order valence-electron chi connectivity index (χ2n) is 5.64. The molecule has 2 atom stereocenters. The molecule has 2 aliphatic rings. The number of likely N-dealkylation sites (N-methyl/N-ethyl adjacent to an activating group) is 1. The Hall–Kier alpha value is -1.42. The van der Waals surface area contributed by atoms with Crippen molar-refractivity contribution >= 4 is 5.91 Å².